The predicted octanol–water partition coefficient (Wildman–Crippen LogP) is 0.990. The molecule has 0 saturated carbocycles. The summed E-state index contributed by atoms with van der Waals surface area (Å²) in [6.07, 6.45) is 4.69. The van der Waals surface area contributed by atoms with E-state index >= 15 is 0 Å². The molecule has 0 heterocycles. The lowest BCUT2D eigenvalue weighted by molar-refractivity contribution is -0.131. The predicted molar refractivity (Wildman–Crippen MR) is 35.2 cm³/mol. The maximum absolute atomic E-state index is 9.78. The van der Waals surface area contributed by atoms with Crippen LogP contribution in [0, 0.1) is 0 Å². The molecule has 0 amide bonds. The standard InChI is InChI=1S/C5H8O2S/c1-8-4-2-3-5(6)7/h2-3H,4H2,1H3,(H,6,7)/b3-2+. The lowest BCUT2D eigenvalue weighted by Gasteiger charge is -1.79. The smallest absolute Gasteiger partial charge is 0.328 e. The number of hydrogen-bond acceptors (Lipinski definition) is 2. The molecule has 46 valence electrons. The summed E-state index contributed by atoms with van der Waals surface area (Å²) in [5.41, 5.74) is 0. The number of carbonyl (C=O) groups is 1. The van der Waals surface area contributed by atoms with Gasteiger partial charge < -0.3 is 5.11 Å². The van der Waals surface area contributed by atoms with Gasteiger partial charge in [0.25, 0.3) is 0 Å². The molecular formula is C5H8O2S. The molecule has 8 heavy (non-hydrogen) atoms. The molecule has 0 aliphatic carbocycles. The Hall–Kier alpha value is -0.440. The highest BCUT2D eigenvalue weighted by Crippen LogP contribution is 1.90. The summed E-state index contributed by atoms with van der Waals surface area (Å²) in [7, 11) is 0. The number of hydrogen-bond donors (Lipinski definition) is 1. The number of thioether (sulfide) groups is 1. The summed E-state index contributed by atoms with van der Waals surface area (Å²) in [4.78, 5) is 9.78. The molecule has 0 aromatic heterocycles. The van der Waals surface area contributed by atoms with Crippen LogP contribution >= 0.6 is 11.8 Å². The average Bonchev–Trinajstić information content (AvgIpc) is 1.66. The Bertz CT molecular complexity index is 98.6. The molecule has 0 aromatic rings. The van der Waals surface area contributed by atoms with Crippen LogP contribution in [0.25, 0.3) is 0 Å². The molecule has 0 aromatic carbocycles. The number of carboxylic acids is 1. The van der Waals surface area contributed by atoms with Crippen molar-refractivity contribution in [3.63, 3.8) is 0 Å². The van der Waals surface area contributed by atoms with E-state index in [0.717, 1.165) is 11.8 Å². The summed E-state index contributed by atoms with van der Waals surface area (Å²) >= 11 is 1.59. The Morgan fingerprint density at radius 3 is 2.88 bits per heavy atom. The summed E-state index contributed by atoms with van der Waals surface area (Å²) in [6, 6.07) is 0. The van der Waals surface area contributed by atoms with E-state index in [1.54, 1.807) is 17.8 Å². The molecule has 0 aliphatic heterocycles. The first-order chi connectivity index (χ1) is 3.77. The highest BCUT2D eigenvalue weighted by molar-refractivity contribution is 7.98. The molecule has 0 bridgehead atoms. The Morgan fingerprint density at radius 2 is 2.50 bits per heavy atom. The molecule has 3 heteroatoms. The van der Waals surface area contributed by atoms with Crippen LogP contribution in [0.15, 0.2) is 12.2 Å². The van der Waals surface area contributed by atoms with Crippen LogP contribution in [0.5, 0.6) is 0 Å². The van der Waals surface area contributed by atoms with E-state index in [1.165, 1.54) is 0 Å². The van der Waals surface area contributed by atoms with Crippen molar-refractivity contribution in [1.82, 2.24) is 0 Å². The fraction of sp³-hybridized carbons (Fsp3) is 0.400. The fourth-order valence-electron chi connectivity index (χ4n) is 0.245. The van der Waals surface area contributed by atoms with Gasteiger partial charge in [0.05, 0.1) is 0 Å². The molecule has 0 atom stereocenters. The number of aliphatic carboxylic acids is 1. The summed E-state index contributed by atoms with van der Waals surface area (Å²) in [6.45, 7) is 0. The van der Waals surface area contributed by atoms with Crippen LogP contribution in [-0.4, -0.2) is 23.1 Å². The largest absolute Gasteiger partial charge is 0.478 e. The maximum Gasteiger partial charge on any atom is 0.328 e. The minimum Gasteiger partial charge on any atom is -0.478 e. The number of rotatable bonds is 3. The van der Waals surface area contributed by atoms with Crippen molar-refractivity contribution in [3.8, 4) is 0 Å². The van der Waals surface area contributed by atoms with E-state index in [4.69, 9.17) is 5.11 Å². The molecule has 0 saturated heterocycles. The van der Waals surface area contributed by atoms with Gasteiger partial charge in [-0.3, -0.25) is 0 Å². The average molecular weight is 132 g/mol. The third-order valence-electron chi connectivity index (χ3n) is 0.523. The molecule has 0 fully saturated rings. The van der Waals surface area contributed by atoms with Crippen LogP contribution in [-0.2, 0) is 4.79 Å². The van der Waals surface area contributed by atoms with E-state index < -0.39 is 5.97 Å². The van der Waals surface area contributed by atoms with Crippen LogP contribution in [0.1, 0.15) is 0 Å². The zero-order valence-electron chi connectivity index (χ0n) is 4.63. The second-order valence-electron chi connectivity index (χ2n) is 1.20. The zero-order chi connectivity index (χ0) is 6.41. The molecule has 2 nitrogen and oxygen atoms in total. The Kier molecular flexibility index (Phi) is 4.45. The van der Waals surface area contributed by atoms with Crippen LogP contribution in [0.4, 0.5) is 0 Å². The third-order valence-corrected chi connectivity index (χ3v) is 1.05. The molecule has 0 radical (unpaired) electrons. The number of carboxylic acid groups (broad SMARTS) is 1. The van der Waals surface area contributed by atoms with Crippen molar-refractivity contribution in [1.29, 1.82) is 0 Å². The summed E-state index contributed by atoms with van der Waals surface area (Å²) < 4.78 is 0. The van der Waals surface area contributed by atoms with Gasteiger partial charge >= 0.3 is 5.97 Å². The minimum absolute atomic E-state index is 0.770. The monoisotopic (exact) mass is 132 g/mol. The Labute approximate surface area is 52.6 Å². The first-order valence-electron chi connectivity index (χ1n) is 2.15. The van der Waals surface area contributed by atoms with Gasteiger partial charge in [0.1, 0.15) is 0 Å². The van der Waals surface area contributed by atoms with E-state index in [2.05, 4.69) is 0 Å². The van der Waals surface area contributed by atoms with Crippen LogP contribution in [0.3, 0.4) is 0 Å². The SMILES string of the molecule is CSC/C=C/C(=O)O. The molecule has 1 N–H and O–H groups in total. The van der Waals surface area contributed by atoms with Gasteiger partial charge in [-0.25, -0.2) is 4.79 Å². The van der Waals surface area contributed by atoms with Crippen molar-refractivity contribution in [3.05, 3.63) is 12.2 Å². The van der Waals surface area contributed by atoms with Crippen molar-refractivity contribution < 1.29 is 9.90 Å². The second kappa shape index (κ2) is 4.71. The van der Waals surface area contributed by atoms with E-state index in [0.29, 0.717) is 0 Å². The first kappa shape index (κ1) is 7.56. The first-order valence-corrected chi connectivity index (χ1v) is 3.55. The highest BCUT2D eigenvalue weighted by Gasteiger charge is 1.81. The van der Waals surface area contributed by atoms with Gasteiger partial charge in [0.2, 0.25) is 0 Å². The quantitative estimate of drug-likeness (QED) is 0.582. The van der Waals surface area contributed by atoms with Crippen molar-refractivity contribution in [2.24, 2.45) is 0 Å². The van der Waals surface area contributed by atoms with Crippen molar-refractivity contribution in [2.75, 3.05) is 12.0 Å². The lowest BCUT2D eigenvalue weighted by atomic mass is 10.5. The van der Waals surface area contributed by atoms with Gasteiger partial charge in [-0.15, -0.1) is 0 Å². The minimum atomic E-state index is -0.876. The lowest BCUT2D eigenvalue weighted by Crippen LogP contribution is -1.85. The van der Waals surface area contributed by atoms with Crippen LogP contribution < -0.4 is 0 Å². The van der Waals surface area contributed by atoms with Crippen molar-refractivity contribution >= 4 is 17.7 Å². The van der Waals surface area contributed by atoms with E-state index in [-0.39, 0.29) is 0 Å². The second-order valence-corrected chi connectivity index (χ2v) is 2.11. The molecule has 0 spiro atoms. The zero-order valence-corrected chi connectivity index (χ0v) is 5.44. The summed E-state index contributed by atoms with van der Waals surface area (Å²) in [5, 5.41) is 8.04. The van der Waals surface area contributed by atoms with Gasteiger partial charge in [-0.05, 0) is 6.26 Å². The highest BCUT2D eigenvalue weighted by atomic mass is 32.2. The topological polar surface area (TPSA) is 37.3 Å². The molecular weight excluding hydrogens is 124 g/mol. The molecule has 0 aliphatic rings. The van der Waals surface area contributed by atoms with Gasteiger partial charge in [-0.2, -0.15) is 11.8 Å². The Balaban J connectivity index is 3.20. The van der Waals surface area contributed by atoms with E-state index in [1.807, 2.05) is 6.26 Å². The summed E-state index contributed by atoms with van der Waals surface area (Å²) in [5.74, 6) is -0.106. The van der Waals surface area contributed by atoms with Crippen LogP contribution in [0.2, 0.25) is 0 Å². The maximum atomic E-state index is 9.78. The van der Waals surface area contributed by atoms with Gasteiger partial charge in [0, 0.05) is 11.8 Å². The molecule has 0 unspecified atom stereocenters. The molecule has 0 rings (SSSR count). The fourth-order valence-corrected chi connectivity index (χ4v) is 0.534. The Morgan fingerprint density at radius 1 is 1.88 bits per heavy atom. The third kappa shape index (κ3) is 5.56. The van der Waals surface area contributed by atoms with Gasteiger partial charge in [0.15, 0.2) is 0 Å². The van der Waals surface area contributed by atoms with Gasteiger partial charge in [-0.1, -0.05) is 6.08 Å². The van der Waals surface area contributed by atoms with Crippen molar-refractivity contribution in [2.45, 2.75) is 0 Å². The van der Waals surface area contributed by atoms with E-state index in [9.17, 15) is 4.79 Å². The normalized spacial score (nSPS) is 10.1.